The molecule has 2 aromatic rings. The Morgan fingerprint density at radius 3 is 2.89 bits per heavy atom. The molecule has 2 N–H and O–H groups in total. The monoisotopic (exact) mass is 244 g/mol. The maximum atomic E-state index is 11.6. The first-order chi connectivity index (χ1) is 8.72. The third-order valence-corrected chi connectivity index (χ3v) is 2.77. The molecule has 1 fully saturated rings. The molecule has 6 heteroatoms. The topological polar surface area (TPSA) is 75.5 Å². The second-order valence-electron chi connectivity index (χ2n) is 4.31. The number of fused-ring (bicyclic) bond motifs is 1. The summed E-state index contributed by atoms with van der Waals surface area (Å²) in [6.45, 7) is 0. The van der Waals surface area contributed by atoms with Crippen molar-refractivity contribution in [2.75, 3.05) is 5.32 Å². The van der Waals surface area contributed by atoms with E-state index in [0.29, 0.717) is 5.69 Å². The average molecular weight is 244 g/mol. The minimum atomic E-state index is -0.638. The normalized spacial score (nSPS) is 14.4. The first-order valence-electron chi connectivity index (χ1n) is 5.77. The van der Waals surface area contributed by atoms with Gasteiger partial charge in [-0.15, -0.1) is 0 Å². The average Bonchev–Trinajstić information content (AvgIpc) is 3.05. The van der Waals surface area contributed by atoms with E-state index < -0.39 is 11.8 Å². The lowest BCUT2D eigenvalue weighted by Gasteiger charge is -2.05. The molecule has 0 aliphatic heterocycles. The highest BCUT2D eigenvalue weighted by Gasteiger charge is 2.26. The van der Waals surface area contributed by atoms with Gasteiger partial charge in [0.15, 0.2) is 0 Å². The number of aromatic nitrogens is 2. The van der Waals surface area contributed by atoms with Crippen LogP contribution in [0.3, 0.4) is 0 Å². The van der Waals surface area contributed by atoms with Gasteiger partial charge in [0.2, 0.25) is 0 Å². The SMILES string of the molecule is O=C(Nc1ccc2nccn2c1)C(=O)NC1CC1. The number of carbonyl (C=O) groups excluding carboxylic acids is 2. The molecule has 0 bridgehead atoms. The van der Waals surface area contributed by atoms with Gasteiger partial charge in [0.05, 0.1) is 5.69 Å². The number of amides is 2. The van der Waals surface area contributed by atoms with Gasteiger partial charge < -0.3 is 15.0 Å². The van der Waals surface area contributed by atoms with Gasteiger partial charge in [-0.2, -0.15) is 0 Å². The molecule has 0 saturated heterocycles. The quantitative estimate of drug-likeness (QED) is 0.757. The summed E-state index contributed by atoms with van der Waals surface area (Å²) in [6, 6.07) is 3.67. The zero-order chi connectivity index (χ0) is 12.5. The number of carbonyl (C=O) groups is 2. The minimum Gasteiger partial charge on any atom is -0.345 e. The molecule has 0 atom stereocenters. The van der Waals surface area contributed by atoms with Crippen molar-refractivity contribution in [2.45, 2.75) is 18.9 Å². The van der Waals surface area contributed by atoms with E-state index in [4.69, 9.17) is 0 Å². The van der Waals surface area contributed by atoms with E-state index in [2.05, 4.69) is 15.6 Å². The van der Waals surface area contributed by atoms with Gasteiger partial charge in [-0.1, -0.05) is 0 Å². The maximum Gasteiger partial charge on any atom is 0.313 e. The van der Waals surface area contributed by atoms with Gasteiger partial charge in [-0.05, 0) is 25.0 Å². The van der Waals surface area contributed by atoms with Crippen LogP contribution in [0.25, 0.3) is 5.65 Å². The summed E-state index contributed by atoms with van der Waals surface area (Å²) in [5.74, 6) is -1.22. The zero-order valence-electron chi connectivity index (χ0n) is 9.59. The molecule has 6 nitrogen and oxygen atoms in total. The summed E-state index contributed by atoms with van der Waals surface area (Å²) in [5, 5.41) is 5.19. The fraction of sp³-hybridized carbons (Fsp3) is 0.250. The second kappa shape index (κ2) is 4.14. The molecule has 2 aromatic heterocycles. The van der Waals surface area contributed by atoms with Crippen LogP contribution in [0.5, 0.6) is 0 Å². The van der Waals surface area contributed by atoms with Crippen molar-refractivity contribution in [3.8, 4) is 0 Å². The molecule has 0 radical (unpaired) electrons. The van der Waals surface area contributed by atoms with Crippen molar-refractivity contribution in [3.63, 3.8) is 0 Å². The van der Waals surface area contributed by atoms with Crippen molar-refractivity contribution >= 4 is 23.1 Å². The van der Waals surface area contributed by atoms with Crippen molar-refractivity contribution in [1.82, 2.24) is 14.7 Å². The molecule has 0 unspecified atom stereocenters. The van der Waals surface area contributed by atoms with Gasteiger partial charge >= 0.3 is 11.8 Å². The van der Waals surface area contributed by atoms with Crippen molar-refractivity contribution in [2.24, 2.45) is 0 Å². The third kappa shape index (κ3) is 2.17. The number of nitrogens with one attached hydrogen (secondary N) is 2. The summed E-state index contributed by atoms with van der Waals surface area (Å²) in [5.41, 5.74) is 1.35. The summed E-state index contributed by atoms with van der Waals surface area (Å²) in [4.78, 5) is 27.2. The Morgan fingerprint density at radius 1 is 1.28 bits per heavy atom. The van der Waals surface area contributed by atoms with Crippen LogP contribution < -0.4 is 10.6 Å². The molecule has 1 saturated carbocycles. The molecule has 1 aliphatic carbocycles. The largest absolute Gasteiger partial charge is 0.345 e. The van der Waals surface area contributed by atoms with Crippen LogP contribution in [0.15, 0.2) is 30.7 Å². The number of pyridine rings is 1. The zero-order valence-corrected chi connectivity index (χ0v) is 9.59. The van der Waals surface area contributed by atoms with Gasteiger partial charge in [0.1, 0.15) is 5.65 Å². The number of imidazole rings is 1. The van der Waals surface area contributed by atoms with Gasteiger partial charge in [0, 0.05) is 24.6 Å². The predicted octanol–water partition coefficient (Wildman–Crippen LogP) is 0.551. The Kier molecular flexibility index (Phi) is 2.47. The number of rotatable bonds is 2. The number of hydrogen-bond acceptors (Lipinski definition) is 3. The molecule has 18 heavy (non-hydrogen) atoms. The van der Waals surface area contributed by atoms with E-state index in [1.54, 1.807) is 35.1 Å². The Hall–Kier alpha value is -2.37. The summed E-state index contributed by atoms with van der Waals surface area (Å²) in [7, 11) is 0. The van der Waals surface area contributed by atoms with E-state index in [-0.39, 0.29) is 6.04 Å². The van der Waals surface area contributed by atoms with Gasteiger partial charge in [0.25, 0.3) is 0 Å². The van der Waals surface area contributed by atoms with E-state index in [1.165, 1.54) is 0 Å². The van der Waals surface area contributed by atoms with Crippen LogP contribution in [-0.2, 0) is 9.59 Å². The number of hydrogen-bond donors (Lipinski definition) is 2. The molecule has 2 amide bonds. The molecular weight excluding hydrogens is 232 g/mol. The van der Waals surface area contributed by atoms with Crippen LogP contribution in [-0.4, -0.2) is 27.2 Å². The molecule has 3 rings (SSSR count). The third-order valence-electron chi connectivity index (χ3n) is 2.77. The first-order valence-corrected chi connectivity index (χ1v) is 5.77. The van der Waals surface area contributed by atoms with Crippen molar-refractivity contribution in [1.29, 1.82) is 0 Å². The second-order valence-corrected chi connectivity index (χ2v) is 4.31. The lowest BCUT2D eigenvalue weighted by molar-refractivity contribution is -0.136. The van der Waals surface area contributed by atoms with E-state index >= 15 is 0 Å². The number of anilines is 1. The van der Waals surface area contributed by atoms with Crippen LogP contribution in [0, 0.1) is 0 Å². The lowest BCUT2D eigenvalue weighted by Crippen LogP contribution is -2.36. The minimum absolute atomic E-state index is 0.180. The molecule has 92 valence electrons. The van der Waals surface area contributed by atoms with Crippen LogP contribution in [0.2, 0.25) is 0 Å². The van der Waals surface area contributed by atoms with Gasteiger partial charge in [-0.3, -0.25) is 9.59 Å². The van der Waals surface area contributed by atoms with Crippen LogP contribution in [0.1, 0.15) is 12.8 Å². The Morgan fingerprint density at radius 2 is 2.11 bits per heavy atom. The smallest absolute Gasteiger partial charge is 0.313 e. The van der Waals surface area contributed by atoms with Crippen LogP contribution >= 0.6 is 0 Å². The molecule has 1 aliphatic rings. The highest BCUT2D eigenvalue weighted by atomic mass is 16.2. The fourth-order valence-electron chi connectivity index (χ4n) is 1.66. The highest BCUT2D eigenvalue weighted by molar-refractivity contribution is 6.39. The Labute approximate surface area is 103 Å². The molecule has 0 spiro atoms. The van der Waals surface area contributed by atoms with E-state index in [1.807, 2.05) is 0 Å². The predicted molar refractivity (Wildman–Crippen MR) is 65.0 cm³/mol. The van der Waals surface area contributed by atoms with Crippen LogP contribution in [0.4, 0.5) is 5.69 Å². The van der Waals surface area contributed by atoms with Crippen molar-refractivity contribution in [3.05, 3.63) is 30.7 Å². The van der Waals surface area contributed by atoms with E-state index in [9.17, 15) is 9.59 Å². The Balaban J connectivity index is 1.70. The standard InChI is InChI=1S/C12H12N4O2/c17-11(14-8-1-2-8)12(18)15-9-3-4-10-13-5-6-16(10)7-9/h3-8H,1-2H2,(H,14,17)(H,15,18). The summed E-state index contributed by atoms with van der Waals surface area (Å²) in [6.07, 6.45) is 7.07. The summed E-state index contributed by atoms with van der Waals surface area (Å²) < 4.78 is 1.77. The molecule has 2 heterocycles. The fourth-order valence-corrected chi connectivity index (χ4v) is 1.66. The summed E-state index contributed by atoms with van der Waals surface area (Å²) >= 11 is 0. The first kappa shape index (κ1) is 10.8. The lowest BCUT2D eigenvalue weighted by atomic mass is 10.4. The molecular formula is C12H12N4O2. The maximum absolute atomic E-state index is 11.6. The van der Waals surface area contributed by atoms with E-state index in [0.717, 1.165) is 18.5 Å². The van der Waals surface area contributed by atoms with Gasteiger partial charge in [-0.25, -0.2) is 4.98 Å². The number of nitrogens with zero attached hydrogens (tertiary/aromatic N) is 2. The van der Waals surface area contributed by atoms with Crippen molar-refractivity contribution < 1.29 is 9.59 Å². The molecule has 0 aromatic carbocycles. The Bertz CT molecular complexity index is 615. The highest BCUT2D eigenvalue weighted by Crippen LogP contribution is 2.18.